The fourth-order valence-corrected chi connectivity index (χ4v) is 1.21. The van der Waals surface area contributed by atoms with Gasteiger partial charge in [0.2, 0.25) is 0 Å². The molecule has 0 aromatic carbocycles. The number of aliphatic hydroxyl groups is 2. The predicted molar refractivity (Wildman–Crippen MR) is 43.3 cm³/mol. The Morgan fingerprint density at radius 1 is 1.50 bits per heavy atom. The van der Waals surface area contributed by atoms with Crippen LogP contribution in [0.25, 0.3) is 0 Å². The van der Waals surface area contributed by atoms with Crippen LogP contribution in [0, 0.1) is 0 Å². The molecule has 56 valence electrons. The summed E-state index contributed by atoms with van der Waals surface area (Å²) in [6.07, 6.45) is 0.318. The molecule has 0 radical (unpaired) electrons. The van der Waals surface area contributed by atoms with E-state index in [0.717, 1.165) is 6.08 Å². The van der Waals surface area contributed by atoms with E-state index in [9.17, 15) is 4.39 Å². The fraction of sp³-hybridized carbons (Fsp3) is 0.333. The summed E-state index contributed by atoms with van der Waals surface area (Å²) in [7, 11) is 0. The summed E-state index contributed by atoms with van der Waals surface area (Å²) in [5.74, 6) is -0.474. The molecule has 0 fully saturated rings. The van der Waals surface area contributed by atoms with E-state index < -0.39 is 18.0 Å². The highest BCUT2D eigenvalue weighted by Gasteiger charge is 2.22. The van der Waals surface area contributed by atoms with Gasteiger partial charge in [-0.2, -0.15) is 0 Å². The molecule has 1 aliphatic carbocycles. The van der Waals surface area contributed by atoms with Gasteiger partial charge in [-0.3, -0.25) is 0 Å². The second-order valence-electron chi connectivity index (χ2n) is 1.99. The molecule has 10 heavy (non-hydrogen) atoms. The molecule has 0 saturated carbocycles. The van der Waals surface area contributed by atoms with E-state index >= 15 is 0 Å². The summed E-state index contributed by atoms with van der Waals surface area (Å²) < 4.78 is 12.7. The van der Waals surface area contributed by atoms with Gasteiger partial charge in [-0.05, 0) is 28.7 Å². The van der Waals surface area contributed by atoms with Gasteiger partial charge in [-0.25, -0.2) is 4.39 Å². The lowest BCUT2D eigenvalue weighted by atomic mass is 10.1. The third kappa shape index (κ3) is 1.38. The minimum absolute atomic E-state index is 0.160. The first-order chi connectivity index (χ1) is 4.63. The SMILES string of the molecule is O[C@@H]1C(I)=C(F)C=C[C@@H]1O. The van der Waals surface area contributed by atoms with Crippen molar-refractivity contribution in [1.82, 2.24) is 0 Å². The highest BCUT2D eigenvalue weighted by atomic mass is 127. The van der Waals surface area contributed by atoms with Crippen molar-refractivity contribution in [3.63, 3.8) is 0 Å². The lowest BCUT2D eigenvalue weighted by molar-refractivity contribution is 0.0761. The highest BCUT2D eigenvalue weighted by Crippen LogP contribution is 2.25. The van der Waals surface area contributed by atoms with E-state index in [2.05, 4.69) is 0 Å². The number of rotatable bonds is 0. The topological polar surface area (TPSA) is 40.5 Å². The maximum atomic E-state index is 12.5. The fourth-order valence-electron chi connectivity index (χ4n) is 0.659. The zero-order valence-electron chi connectivity index (χ0n) is 4.96. The van der Waals surface area contributed by atoms with Gasteiger partial charge in [0, 0.05) is 0 Å². The molecule has 2 atom stereocenters. The Kier molecular flexibility index (Phi) is 2.43. The van der Waals surface area contributed by atoms with Crippen molar-refractivity contribution >= 4 is 22.6 Å². The molecule has 2 nitrogen and oxygen atoms in total. The Morgan fingerprint density at radius 2 is 2.10 bits per heavy atom. The molecule has 0 bridgehead atoms. The number of hydrogen-bond donors (Lipinski definition) is 2. The minimum Gasteiger partial charge on any atom is -0.386 e. The van der Waals surface area contributed by atoms with Crippen LogP contribution in [-0.2, 0) is 0 Å². The quantitative estimate of drug-likeness (QED) is 0.632. The molecule has 0 aliphatic heterocycles. The number of aliphatic hydroxyl groups excluding tert-OH is 2. The van der Waals surface area contributed by atoms with Crippen molar-refractivity contribution in [2.24, 2.45) is 0 Å². The molecule has 0 amide bonds. The third-order valence-corrected chi connectivity index (χ3v) is 2.40. The third-order valence-electron chi connectivity index (χ3n) is 1.25. The van der Waals surface area contributed by atoms with Crippen LogP contribution >= 0.6 is 22.6 Å². The Morgan fingerprint density at radius 3 is 2.60 bits per heavy atom. The van der Waals surface area contributed by atoms with E-state index in [0.29, 0.717) is 0 Å². The number of halogens is 2. The average Bonchev–Trinajstić information content (AvgIpc) is 1.93. The van der Waals surface area contributed by atoms with E-state index in [4.69, 9.17) is 10.2 Å². The van der Waals surface area contributed by atoms with Crippen molar-refractivity contribution < 1.29 is 14.6 Å². The van der Waals surface area contributed by atoms with Gasteiger partial charge in [-0.1, -0.05) is 6.08 Å². The minimum atomic E-state index is -1.09. The molecule has 0 aromatic heterocycles. The first-order valence-electron chi connectivity index (χ1n) is 2.72. The lowest BCUT2D eigenvalue weighted by Crippen LogP contribution is -2.26. The van der Waals surface area contributed by atoms with E-state index in [1.54, 1.807) is 22.6 Å². The molecular formula is C6H6FIO2. The van der Waals surface area contributed by atoms with Gasteiger partial charge >= 0.3 is 0 Å². The number of allylic oxidation sites excluding steroid dienone is 2. The standard InChI is InChI=1S/C6H6FIO2/c7-3-1-2-4(9)6(10)5(3)8/h1-2,4,6,9-10H/t4-,6-/m0/s1. The molecule has 2 N–H and O–H groups in total. The molecule has 1 aliphatic rings. The van der Waals surface area contributed by atoms with Crippen LogP contribution in [0.5, 0.6) is 0 Å². The van der Waals surface area contributed by atoms with Crippen molar-refractivity contribution in [2.45, 2.75) is 12.2 Å². The molecule has 1 rings (SSSR count). The van der Waals surface area contributed by atoms with Gasteiger partial charge < -0.3 is 10.2 Å². The summed E-state index contributed by atoms with van der Waals surface area (Å²) in [4.78, 5) is 0. The Balaban J connectivity index is 2.88. The Bertz CT molecular complexity index is 200. The van der Waals surface area contributed by atoms with Gasteiger partial charge in [-0.15, -0.1) is 0 Å². The van der Waals surface area contributed by atoms with Crippen LogP contribution in [0.2, 0.25) is 0 Å². The zero-order valence-corrected chi connectivity index (χ0v) is 7.12. The normalized spacial score (nSPS) is 33.2. The van der Waals surface area contributed by atoms with Crippen molar-refractivity contribution in [2.75, 3.05) is 0 Å². The van der Waals surface area contributed by atoms with Crippen molar-refractivity contribution in [1.29, 1.82) is 0 Å². The second-order valence-corrected chi connectivity index (χ2v) is 3.15. The first-order valence-corrected chi connectivity index (χ1v) is 3.80. The average molecular weight is 256 g/mol. The zero-order chi connectivity index (χ0) is 7.72. The predicted octanol–water partition coefficient (Wildman–Crippen LogP) is 0.894. The van der Waals surface area contributed by atoms with Crippen molar-refractivity contribution in [3.05, 3.63) is 21.6 Å². The highest BCUT2D eigenvalue weighted by molar-refractivity contribution is 14.1. The monoisotopic (exact) mass is 256 g/mol. The second kappa shape index (κ2) is 2.98. The molecular weight excluding hydrogens is 250 g/mol. The van der Waals surface area contributed by atoms with E-state index in [1.165, 1.54) is 6.08 Å². The van der Waals surface area contributed by atoms with Crippen LogP contribution in [0.4, 0.5) is 4.39 Å². The van der Waals surface area contributed by atoms with E-state index in [1.807, 2.05) is 0 Å². The summed E-state index contributed by atoms with van der Waals surface area (Å²) in [5.41, 5.74) is 0. The first kappa shape index (κ1) is 8.16. The van der Waals surface area contributed by atoms with Crippen LogP contribution < -0.4 is 0 Å². The van der Waals surface area contributed by atoms with Crippen LogP contribution in [0.3, 0.4) is 0 Å². The van der Waals surface area contributed by atoms with Gasteiger partial charge in [0.15, 0.2) is 0 Å². The lowest BCUT2D eigenvalue weighted by Gasteiger charge is -2.17. The van der Waals surface area contributed by atoms with Crippen LogP contribution in [0.15, 0.2) is 21.6 Å². The smallest absolute Gasteiger partial charge is 0.134 e. The van der Waals surface area contributed by atoms with E-state index in [-0.39, 0.29) is 3.58 Å². The molecule has 0 saturated heterocycles. The molecule has 0 heterocycles. The molecule has 0 unspecified atom stereocenters. The summed E-state index contributed by atoms with van der Waals surface area (Å²) in [5, 5.41) is 17.9. The summed E-state index contributed by atoms with van der Waals surface area (Å²) in [6.45, 7) is 0. The molecule has 0 aromatic rings. The molecule has 4 heteroatoms. The van der Waals surface area contributed by atoms with Gasteiger partial charge in [0.05, 0.1) is 3.58 Å². The van der Waals surface area contributed by atoms with Crippen molar-refractivity contribution in [3.8, 4) is 0 Å². The Hall–Kier alpha value is 0.0600. The summed E-state index contributed by atoms with van der Waals surface area (Å²) in [6, 6.07) is 0. The largest absolute Gasteiger partial charge is 0.386 e. The Labute approximate surface area is 71.2 Å². The maximum absolute atomic E-state index is 12.5. The van der Waals surface area contributed by atoms with Crippen LogP contribution in [-0.4, -0.2) is 22.4 Å². The van der Waals surface area contributed by atoms with Crippen LogP contribution in [0.1, 0.15) is 0 Å². The summed E-state index contributed by atoms with van der Waals surface area (Å²) >= 11 is 1.67. The molecule has 0 spiro atoms. The van der Waals surface area contributed by atoms with Gasteiger partial charge in [0.1, 0.15) is 18.0 Å². The number of hydrogen-bond acceptors (Lipinski definition) is 2. The maximum Gasteiger partial charge on any atom is 0.134 e. The van der Waals surface area contributed by atoms with Gasteiger partial charge in [0.25, 0.3) is 0 Å².